The summed E-state index contributed by atoms with van der Waals surface area (Å²) in [6.07, 6.45) is 2.59. The van der Waals surface area contributed by atoms with Crippen LogP contribution in [0.1, 0.15) is 45.4 Å². The van der Waals surface area contributed by atoms with Crippen molar-refractivity contribution in [3.63, 3.8) is 0 Å². The van der Waals surface area contributed by atoms with Gasteiger partial charge in [-0.1, -0.05) is 13.0 Å². The molecule has 0 radical (unpaired) electrons. The normalized spacial score (nSPS) is 20.1. The van der Waals surface area contributed by atoms with Crippen LogP contribution in [-0.4, -0.2) is 54.7 Å². The summed E-state index contributed by atoms with van der Waals surface area (Å²) in [6, 6.07) is 4.40. The summed E-state index contributed by atoms with van der Waals surface area (Å²) >= 11 is 1.57. The van der Waals surface area contributed by atoms with Gasteiger partial charge in [0.1, 0.15) is 5.60 Å². The molecule has 2 unspecified atom stereocenters. The van der Waals surface area contributed by atoms with E-state index in [1.54, 1.807) is 11.3 Å². The minimum atomic E-state index is -0.925. The van der Waals surface area contributed by atoms with E-state index in [4.69, 9.17) is 0 Å². The lowest BCUT2D eigenvalue weighted by Gasteiger charge is -2.35. The van der Waals surface area contributed by atoms with E-state index in [0.29, 0.717) is 12.6 Å². The Labute approximate surface area is 179 Å². The first-order valence-corrected chi connectivity index (χ1v) is 10.3. The minimum Gasteiger partial charge on any atom is -0.383 e. The maximum absolute atomic E-state index is 10.6. The Hall–Kier alpha value is -0.380. The number of hydrogen-bond donors (Lipinski definition) is 3. The van der Waals surface area contributed by atoms with Crippen molar-refractivity contribution in [3.8, 4) is 0 Å². The molecule has 2 atom stereocenters. The smallest absolute Gasteiger partial charge is 0.191 e. The van der Waals surface area contributed by atoms with Crippen LogP contribution < -0.4 is 10.6 Å². The first kappa shape index (κ1) is 23.7. The summed E-state index contributed by atoms with van der Waals surface area (Å²) in [7, 11) is 0. The van der Waals surface area contributed by atoms with E-state index in [2.05, 4.69) is 41.3 Å². The summed E-state index contributed by atoms with van der Waals surface area (Å²) in [4.78, 5) is 8.10. The molecule has 1 fully saturated rings. The van der Waals surface area contributed by atoms with Gasteiger partial charge in [-0.3, -0.25) is 4.90 Å². The van der Waals surface area contributed by atoms with Crippen molar-refractivity contribution in [2.24, 2.45) is 10.9 Å². The van der Waals surface area contributed by atoms with E-state index in [1.165, 1.54) is 25.9 Å². The van der Waals surface area contributed by atoms with Gasteiger partial charge in [-0.05, 0) is 64.1 Å². The Morgan fingerprint density at radius 3 is 2.69 bits per heavy atom. The molecule has 1 aliphatic heterocycles. The monoisotopic (exact) mass is 494 g/mol. The molecule has 26 heavy (non-hydrogen) atoms. The van der Waals surface area contributed by atoms with E-state index in [9.17, 15) is 5.11 Å². The molecule has 1 aromatic rings. The molecule has 2 rings (SSSR count). The zero-order valence-corrected chi connectivity index (χ0v) is 19.6. The highest BCUT2D eigenvalue weighted by Gasteiger charge is 2.24. The topological polar surface area (TPSA) is 59.9 Å². The van der Waals surface area contributed by atoms with Crippen molar-refractivity contribution in [1.29, 1.82) is 0 Å². The van der Waals surface area contributed by atoms with Gasteiger partial charge in [-0.15, -0.1) is 35.3 Å². The average molecular weight is 494 g/mol. The van der Waals surface area contributed by atoms with Gasteiger partial charge in [0.25, 0.3) is 0 Å². The largest absolute Gasteiger partial charge is 0.383 e. The molecule has 7 heteroatoms. The summed E-state index contributed by atoms with van der Waals surface area (Å²) in [6.45, 7) is 12.9. The predicted molar refractivity (Wildman–Crippen MR) is 123 cm³/mol. The molecular formula is C19H35IN4OS. The fourth-order valence-electron chi connectivity index (χ4n) is 3.08. The molecule has 3 N–H and O–H groups in total. The molecule has 0 bridgehead atoms. The zero-order valence-electron chi connectivity index (χ0n) is 16.5. The number of aliphatic imine (C=N–C) groups is 1. The van der Waals surface area contributed by atoms with Crippen molar-refractivity contribution in [3.05, 3.63) is 22.4 Å². The van der Waals surface area contributed by atoms with Crippen LogP contribution in [0, 0.1) is 5.92 Å². The zero-order chi connectivity index (χ0) is 18.3. The molecule has 0 spiro atoms. The van der Waals surface area contributed by atoms with Crippen LogP contribution in [0.4, 0.5) is 0 Å². The van der Waals surface area contributed by atoms with Gasteiger partial charge in [0.15, 0.2) is 5.96 Å². The number of hydrogen-bond acceptors (Lipinski definition) is 4. The van der Waals surface area contributed by atoms with Crippen molar-refractivity contribution < 1.29 is 5.11 Å². The third kappa shape index (κ3) is 7.32. The SMILES string of the molecule is CCNC(=NCC(C)(O)c1cccs1)NCC(C)N1CCC(C)CC1.I. The van der Waals surface area contributed by atoms with Crippen molar-refractivity contribution in [2.45, 2.75) is 52.2 Å². The molecule has 0 aliphatic carbocycles. The van der Waals surface area contributed by atoms with Crippen molar-refractivity contribution >= 4 is 41.3 Å². The van der Waals surface area contributed by atoms with Crippen LogP contribution in [0.5, 0.6) is 0 Å². The summed E-state index contributed by atoms with van der Waals surface area (Å²) in [5.74, 6) is 1.63. The number of halogens is 1. The van der Waals surface area contributed by atoms with Gasteiger partial charge in [0.05, 0.1) is 6.54 Å². The van der Waals surface area contributed by atoms with Crippen LogP contribution in [0.3, 0.4) is 0 Å². The third-order valence-electron chi connectivity index (χ3n) is 4.95. The molecule has 2 heterocycles. The Morgan fingerprint density at radius 1 is 1.42 bits per heavy atom. The number of rotatable bonds is 7. The van der Waals surface area contributed by atoms with Crippen LogP contribution in [0.2, 0.25) is 0 Å². The number of piperidine rings is 1. The van der Waals surface area contributed by atoms with Gasteiger partial charge in [0.2, 0.25) is 0 Å². The molecular weight excluding hydrogens is 459 g/mol. The Balaban J connectivity index is 0.00000338. The van der Waals surface area contributed by atoms with Gasteiger partial charge in [0, 0.05) is 24.0 Å². The third-order valence-corrected chi connectivity index (χ3v) is 6.07. The Bertz CT molecular complexity index is 528. The molecule has 1 aromatic heterocycles. The fourth-order valence-corrected chi connectivity index (χ4v) is 3.86. The van der Waals surface area contributed by atoms with Crippen molar-refractivity contribution in [2.75, 3.05) is 32.7 Å². The van der Waals surface area contributed by atoms with Crippen LogP contribution in [0.25, 0.3) is 0 Å². The number of nitrogens with zero attached hydrogens (tertiary/aromatic N) is 2. The number of likely N-dealkylation sites (tertiary alicyclic amines) is 1. The predicted octanol–water partition coefficient (Wildman–Crippen LogP) is 3.25. The molecule has 1 aliphatic rings. The fraction of sp³-hybridized carbons (Fsp3) is 0.737. The summed E-state index contributed by atoms with van der Waals surface area (Å²) in [5, 5.41) is 19.3. The summed E-state index contributed by atoms with van der Waals surface area (Å²) in [5.41, 5.74) is -0.925. The van der Waals surface area contributed by atoms with Gasteiger partial charge >= 0.3 is 0 Å². The number of guanidine groups is 1. The van der Waals surface area contributed by atoms with E-state index in [1.807, 2.05) is 24.4 Å². The molecule has 150 valence electrons. The van der Waals surface area contributed by atoms with Crippen molar-refractivity contribution in [1.82, 2.24) is 15.5 Å². The molecule has 5 nitrogen and oxygen atoms in total. The van der Waals surface area contributed by atoms with E-state index in [-0.39, 0.29) is 24.0 Å². The van der Waals surface area contributed by atoms with E-state index in [0.717, 1.165) is 29.8 Å². The lowest BCUT2D eigenvalue weighted by Crippen LogP contribution is -2.48. The van der Waals surface area contributed by atoms with Gasteiger partial charge in [-0.2, -0.15) is 0 Å². The molecule has 0 amide bonds. The van der Waals surface area contributed by atoms with Gasteiger partial charge in [-0.25, -0.2) is 4.99 Å². The first-order valence-electron chi connectivity index (χ1n) is 9.45. The van der Waals surface area contributed by atoms with Crippen LogP contribution in [0.15, 0.2) is 22.5 Å². The van der Waals surface area contributed by atoms with E-state index < -0.39 is 5.60 Å². The highest BCUT2D eigenvalue weighted by Crippen LogP contribution is 2.25. The molecule has 0 saturated carbocycles. The minimum absolute atomic E-state index is 0. The maximum atomic E-state index is 10.6. The number of aliphatic hydroxyl groups is 1. The quantitative estimate of drug-likeness (QED) is 0.310. The summed E-state index contributed by atoms with van der Waals surface area (Å²) < 4.78 is 0. The highest BCUT2D eigenvalue weighted by molar-refractivity contribution is 14.0. The standard InChI is InChI=1S/C19H34N4OS.HI/c1-5-20-18(22-14-19(4,24)17-7-6-12-25-17)21-13-16(3)23-10-8-15(2)9-11-23;/h6-7,12,15-16,24H,5,8-11,13-14H2,1-4H3,(H2,20,21,22);1H. The second-order valence-electron chi connectivity index (χ2n) is 7.39. The molecule has 0 aromatic carbocycles. The average Bonchev–Trinajstić information content (AvgIpc) is 3.13. The lowest BCUT2D eigenvalue weighted by atomic mass is 9.98. The maximum Gasteiger partial charge on any atom is 0.191 e. The Kier molecular flexibility index (Phi) is 10.4. The number of thiophene rings is 1. The second kappa shape index (κ2) is 11.5. The van der Waals surface area contributed by atoms with Crippen LogP contribution >= 0.6 is 35.3 Å². The van der Waals surface area contributed by atoms with E-state index >= 15 is 0 Å². The number of nitrogens with one attached hydrogen (secondary N) is 2. The second-order valence-corrected chi connectivity index (χ2v) is 8.34. The first-order chi connectivity index (χ1) is 11.9. The molecule has 1 saturated heterocycles. The highest BCUT2D eigenvalue weighted by atomic mass is 127. The van der Waals surface area contributed by atoms with Crippen LogP contribution in [-0.2, 0) is 5.60 Å². The Morgan fingerprint density at radius 2 is 2.12 bits per heavy atom. The van der Waals surface area contributed by atoms with Gasteiger partial charge < -0.3 is 15.7 Å². The lowest BCUT2D eigenvalue weighted by molar-refractivity contribution is 0.0711.